The van der Waals surface area contributed by atoms with Gasteiger partial charge in [-0.15, -0.1) is 0 Å². The van der Waals surface area contributed by atoms with E-state index in [0.717, 1.165) is 22.6 Å². The highest BCUT2D eigenvalue weighted by Gasteiger charge is 2.14. The third-order valence-corrected chi connectivity index (χ3v) is 4.40. The summed E-state index contributed by atoms with van der Waals surface area (Å²) in [6.07, 6.45) is 1.37. The van der Waals surface area contributed by atoms with Crippen molar-refractivity contribution >= 4 is 8.38 Å². The monoisotopic (exact) mass is 304 g/mol. The summed E-state index contributed by atoms with van der Waals surface area (Å²) < 4.78 is 11.9. The SMILES string of the molecule is Cc1cccc(OP(CCCO)Oc2cccc(C)c2)c1. The van der Waals surface area contributed by atoms with Gasteiger partial charge in [0.25, 0.3) is 8.38 Å². The largest absolute Gasteiger partial charge is 0.439 e. The molecule has 0 spiro atoms. The fourth-order valence-corrected chi connectivity index (χ4v) is 3.21. The van der Waals surface area contributed by atoms with E-state index in [0.29, 0.717) is 12.6 Å². The molecule has 21 heavy (non-hydrogen) atoms. The fraction of sp³-hybridized carbons (Fsp3) is 0.294. The maximum Gasteiger partial charge on any atom is 0.290 e. The molecule has 112 valence electrons. The second-order valence-electron chi connectivity index (χ2n) is 4.95. The molecule has 0 heterocycles. The molecule has 0 saturated heterocycles. The molecule has 0 aliphatic carbocycles. The quantitative estimate of drug-likeness (QED) is 0.768. The van der Waals surface area contributed by atoms with Crippen LogP contribution in [0.2, 0.25) is 0 Å². The van der Waals surface area contributed by atoms with E-state index in [-0.39, 0.29) is 6.61 Å². The Bertz CT molecular complexity index is 524. The maximum absolute atomic E-state index is 9.03. The zero-order valence-electron chi connectivity index (χ0n) is 12.5. The van der Waals surface area contributed by atoms with E-state index in [1.807, 2.05) is 62.4 Å². The second-order valence-corrected chi connectivity index (χ2v) is 6.43. The summed E-state index contributed by atoms with van der Waals surface area (Å²) in [5.74, 6) is 1.62. The Morgan fingerprint density at radius 1 is 0.905 bits per heavy atom. The van der Waals surface area contributed by atoms with E-state index >= 15 is 0 Å². The van der Waals surface area contributed by atoms with Gasteiger partial charge < -0.3 is 14.2 Å². The zero-order valence-corrected chi connectivity index (χ0v) is 13.3. The normalized spacial score (nSPS) is 10.7. The number of aliphatic hydroxyl groups excluding tert-OH is 1. The minimum Gasteiger partial charge on any atom is -0.439 e. The van der Waals surface area contributed by atoms with Crippen LogP contribution in [0.1, 0.15) is 17.5 Å². The number of benzene rings is 2. The molecule has 0 aliphatic rings. The van der Waals surface area contributed by atoms with Gasteiger partial charge >= 0.3 is 0 Å². The third kappa shape index (κ3) is 5.37. The van der Waals surface area contributed by atoms with Crippen LogP contribution in [0.3, 0.4) is 0 Å². The minimum absolute atomic E-state index is 0.146. The van der Waals surface area contributed by atoms with Crippen LogP contribution in [0.4, 0.5) is 0 Å². The Hall–Kier alpha value is -1.57. The molecular formula is C17H21O3P. The van der Waals surface area contributed by atoms with Gasteiger partial charge in [0.1, 0.15) is 11.5 Å². The summed E-state index contributed by atoms with van der Waals surface area (Å²) in [6, 6.07) is 15.9. The van der Waals surface area contributed by atoms with E-state index in [2.05, 4.69) is 0 Å². The van der Waals surface area contributed by atoms with Crippen LogP contribution in [0.15, 0.2) is 48.5 Å². The summed E-state index contributed by atoms with van der Waals surface area (Å²) in [5, 5.41) is 9.03. The first-order valence-electron chi connectivity index (χ1n) is 7.05. The van der Waals surface area contributed by atoms with Crippen LogP contribution in [-0.2, 0) is 0 Å². The average molecular weight is 304 g/mol. The molecule has 0 aromatic heterocycles. The van der Waals surface area contributed by atoms with Gasteiger partial charge in [-0.3, -0.25) is 0 Å². The molecule has 0 bridgehead atoms. The van der Waals surface area contributed by atoms with E-state index < -0.39 is 8.38 Å². The van der Waals surface area contributed by atoms with Gasteiger partial charge in [0.2, 0.25) is 0 Å². The van der Waals surface area contributed by atoms with Crippen LogP contribution in [0.5, 0.6) is 11.5 Å². The van der Waals surface area contributed by atoms with E-state index in [4.69, 9.17) is 14.2 Å². The second kappa shape index (κ2) is 8.02. The van der Waals surface area contributed by atoms with Crippen molar-refractivity contribution in [3.63, 3.8) is 0 Å². The lowest BCUT2D eigenvalue weighted by Gasteiger charge is -2.19. The van der Waals surface area contributed by atoms with Gasteiger partial charge in [-0.2, -0.15) is 0 Å². The molecule has 0 unspecified atom stereocenters. The smallest absolute Gasteiger partial charge is 0.290 e. The van der Waals surface area contributed by atoms with Crippen LogP contribution in [0.25, 0.3) is 0 Å². The van der Waals surface area contributed by atoms with E-state index in [9.17, 15) is 0 Å². The molecule has 0 radical (unpaired) electrons. The van der Waals surface area contributed by atoms with Crippen molar-refractivity contribution in [1.29, 1.82) is 0 Å². The standard InChI is InChI=1S/C17H21O3P/c1-14-6-3-8-16(12-14)19-21(11-5-10-18)20-17-9-4-7-15(2)13-17/h3-4,6-9,12-13,18H,5,10-11H2,1-2H3. The predicted octanol–water partition coefficient (Wildman–Crippen LogP) is 4.46. The van der Waals surface area contributed by atoms with Crippen molar-refractivity contribution in [2.75, 3.05) is 12.8 Å². The van der Waals surface area contributed by atoms with Gasteiger partial charge in [-0.1, -0.05) is 24.3 Å². The Morgan fingerprint density at radius 3 is 1.86 bits per heavy atom. The molecule has 0 aliphatic heterocycles. The van der Waals surface area contributed by atoms with Crippen molar-refractivity contribution < 1.29 is 14.2 Å². The number of aliphatic hydroxyl groups is 1. The molecule has 0 fully saturated rings. The minimum atomic E-state index is -1.10. The number of hydrogen-bond acceptors (Lipinski definition) is 3. The Labute approximate surface area is 127 Å². The van der Waals surface area contributed by atoms with Gasteiger partial charge in [-0.05, 0) is 55.7 Å². The number of hydrogen-bond donors (Lipinski definition) is 1. The lowest BCUT2D eigenvalue weighted by atomic mass is 10.2. The van der Waals surface area contributed by atoms with Crippen LogP contribution in [-0.4, -0.2) is 17.9 Å². The van der Waals surface area contributed by atoms with E-state index in [1.54, 1.807) is 0 Å². The Balaban J connectivity index is 2.06. The highest BCUT2D eigenvalue weighted by atomic mass is 31.2. The summed E-state index contributed by atoms with van der Waals surface area (Å²) in [5.41, 5.74) is 2.31. The topological polar surface area (TPSA) is 38.7 Å². The molecule has 2 aromatic rings. The zero-order chi connectivity index (χ0) is 15.1. The third-order valence-electron chi connectivity index (χ3n) is 2.89. The molecule has 1 N–H and O–H groups in total. The van der Waals surface area contributed by atoms with Gasteiger partial charge in [0.05, 0.1) is 0 Å². The van der Waals surface area contributed by atoms with Crippen molar-refractivity contribution in [2.24, 2.45) is 0 Å². The van der Waals surface area contributed by atoms with Crippen molar-refractivity contribution in [2.45, 2.75) is 20.3 Å². The van der Waals surface area contributed by atoms with Gasteiger partial charge in [0.15, 0.2) is 0 Å². The highest BCUT2D eigenvalue weighted by molar-refractivity contribution is 7.48. The molecule has 4 heteroatoms. The highest BCUT2D eigenvalue weighted by Crippen LogP contribution is 2.41. The first-order chi connectivity index (χ1) is 10.2. The van der Waals surface area contributed by atoms with Crippen molar-refractivity contribution in [3.8, 4) is 11.5 Å². The molecular weight excluding hydrogens is 283 g/mol. The summed E-state index contributed by atoms with van der Waals surface area (Å²) in [4.78, 5) is 0. The number of aryl methyl sites for hydroxylation is 2. The van der Waals surface area contributed by atoms with Crippen molar-refractivity contribution in [3.05, 3.63) is 59.7 Å². The molecule has 0 amide bonds. The molecule has 3 nitrogen and oxygen atoms in total. The molecule has 0 atom stereocenters. The number of rotatable bonds is 7. The van der Waals surface area contributed by atoms with Crippen LogP contribution >= 0.6 is 8.38 Å². The fourth-order valence-electron chi connectivity index (χ4n) is 1.89. The lowest BCUT2D eigenvalue weighted by molar-refractivity contribution is 0.294. The summed E-state index contributed by atoms with van der Waals surface area (Å²) >= 11 is 0. The van der Waals surface area contributed by atoms with E-state index in [1.165, 1.54) is 0 Å². The lowest BCUT2D eigenvalue weighted by Crippen LogP contribution is -2.02. The maximum atomic E-state index is 9.03. The Kier molecular flexibility index (Phi) is 6.04. The molecule has 2 aromatic carbocycles. The predicted molar refractivity (Wildman–Crippen MR) is 87.1 cm³/mol. The first-order valence-corrected chi connectivity index (χ1v) is 8.41. The first kappa shape index (κ1) is 15.8. The van der Waals surface area contributed by atoms with Gasteiger partial charge in [0, 0.05) is 12.8 Å². The van der Waals surface area contributed by atoms with Gasteiger partial charge in [-0.25, -0.2) is 0 Å². The summed E-state index contributed by atoms with van der Waals surface area (Å²) in [6.45, 7) is 4.21. The van der Waals surface area contributed by atoms with Crippen LogP contribution in [0, 0.1) is 13.8 Å². The molecule has 0 saturated carbocycles. The van der Waals surface area contributed by atoms with Crippen molar-refractivity contribution in [1.82, 2.24) is 0 Å². The molecule has 2 rings (SSSR count). The Morgan fingerprint density at radius 2 is 1.43 bits per heavy atom. The average Bonchev–Trinajstić information content (AvgIpc) is 2.45. The van der Waals surface area contributed by atoms with Crippen LogP contribution < -0.4 is 9.05 Å². The summed E-state index contributed by atoms with van der Waals surface area (Å²) in [7, 11) is -1.10.